The number of benzene rings is 2. The molecule has 0 aliphatic rings. The van der Waals surface area contributed by atoms with Crippen LogP contribution in [0.4, 0.5) is 0 Å². The Hall–Kier alpha value is -2.05. The Kier molecular flexibility index (Phi) is 6.63. The van der Waals surface area contributed by atoms with E-state index in [1.54, 1.807) is 19.2 Å². The molecule has 0 saturated heterocycles. The van der Waals surface area contributed by atoms with Crippen molar-refractivity contribution in [3.63, 3.8) is 0 Å². The van der Waals surface area contributed by atoms with Gasteiger partial charge in [0.25, 0.3) is 0 Å². The van der Waals surface area contributed by atoms with Crippen LogP contribution in [0.2, 0.25) is 0 Å². The van der Waals surface area contributed by atoms with Crippen LogP contribution < -0.4 is 14.2 Å². The molecule has 0 aliphatic carbocycles. The van der Waals surface area contributed by atoms with E-state index in [0.29, 0.717) is 24.5 Å². The Balaban J connectivity index is 2.02. The minimum atomic E-state index is -3.23. The average Bonchev–Trinajstić information content (AvgIpc) is 2.59. The van der Waals surface area contributed by atoms with Crippen molar-refractivity contribution >= 4 is 10.0 Å². The number of methoxy groups -OCH3 is 1. The van der Waals surface area contributed by atoms with Crippen LogP contribution in [0, 0.1) is 0 Å². The fourth-order valence-electron chi connectivity index (χ4n) is 2.21. The standard InChI is InChI=1S/C18H23NO4S/c1-3-11-24(20,21)19-13-16-9-10-17(18(12-16)22-2)23-14-15-7-5-4-6-8-15/h4-10,12,19H,3,11,13-14H2,1-2H3. The SMILES string of the molecule is CCCS(=O)(=O)NCc1ccc(OCc2ccccc2)c(OC)c1. The average molecular weight is 349 g/mol. The Morgan fingerprint density at radius 2 is 1.75 bits per heavy atom. The van der Waals surface area contributed by atoms with E-state index in [0.717, 1.165) is 11.1 Å². The summed E-state index contributed by atoms with van der Waals surface area (Å²) in [5.41, 5.74) is 1.88. The topological polar surface area (TPSA) is 64.6 Å². The van der Waals surface area contributed by atoms with Crippen molar-refractivity contribution in [2.24, 2.45) is 0 Å². The molecule has 0 radical (unpaired) electrons. The number of hydrogen-bond donors (Lipinski definition) is 1. The molecule has 0 saturated carbocycles. The van der Waals surface area contributed by atoms with E-state index < -0.39 is 10.0 Å². The minimum Gasteiger partial charge on any atom is -0.493 e. The summed E-state index contributed by atoms with van der Waals surface area (Å²) in [5, 5.41) is 0. The van der Waals surface area contributed by atoms with Gasteiger partial charge in [-0.25, -0.2) is 13.1 Å². The maximum Gasteiger partial charge on any atom is 0.211 e. The molecule has 130 valence electrons. The normalized spacial score (nSPS) is 11.2. The van der Waals surface area contributed by atoms with Gasteiger partial charge in [-0.15, -0.1) is 0 Å². The van der Waals surface area contributed by atoms with Crippen molar-refractivity contribution in [3.8, 4) is 11.5 Å². The van der Waals surface area contributed by atoms with Gasteiger partial charge >= 0.3 is 0 Å². The molecule has 2 aromatic carbocycles. The van der Waals surface area contributed by atoms with Gasteiger partial charge in [-0.1, -0.05) is 43.3 Å². The first-order chi connectivity index (χ1) is 11.5. The van der Waals surface area contributed by atoms with Crippen LogP contribution in [-0.2, 0) is 23.2 Å². The van der Waals surface area contributed by atoms with Crippen molar-refractivity contribution in [2.75, 3.05) is 12.9 Å². The van der Waals surface area contributed by atoms with E-state index >= 15 is 0 Å². The molecular formula is C18H23NO4S. The first-order valence-corrected chi connectivity index (χ1v) is 9.50. The maximum absolute atomic E-state index is 11.7. The molecule has 0 unspecified atom stereocenters. The Morgan fingerprint density at radius 1 is 1.00 bits per heavy atom. The van der Waals surface area contributed by atoms with Gasteiger partial charge in [0.15, 0.2) is 11.5 Å². The summed E-state index contributed by atoms with van der Waals surface area (Å²) in [6.07, 6.45) is 0.588. The van der Waals surface area contributed by atoms with Crippen molar-refractivity contribution in [3.05, 3.63) is 59.7 Å². The zero-order valence-electron chi connectivity index (χ0n) is 14.0. The molecule has 0 heterocycles. The molecule has 0 bridgehead atoms. The number of rotatable bonds is 9. The van der Waals surface area contributed by atoms with E-state index in [1.807, 2.05) is 43.3 Å². The third-order valence-electron chi connectivity index (χ3n) is 3.43. The number of ether oxygens (including phenoxy) is 2. The summed E-state index contributed by atoms with van der Waals surface area (Å²) in [5.74, 6) is 1.34. The van der Waals surface area contributed by atoms with Crippen LogP contribution in [0.5, 0.6) is 11.5 Å². The third-order valence-corrected chi connectivity index (χ3v) is 4.96. The van der Waals surface area contributed by atoms with Gasteiger partial charge in [0.05, 0.1) is 12.9 Å². The summed E-state index contributed by atoms with van der Waals surface area (Å²) in [6, 6.07) is 15.3. The van der Waals surface area contributed by atoms with E-state index in [2.05, 4.69) is 4.72 Å². The molecule has 0 aromatic heterocycles. The third kappa shape index (κ3) is 5.54. The van der Waals surface area contributed by atoms with E-state index in [1.165, 1.54) is 0 Å². The quantitative estimate of drug-likeness (QED) is 0.755. The Morgan fingerprint density at radius 3 is 2.42 bits per heavy atom. The first kappa shape index (κ1) is 18.3. The van der Waals surface area contributed by atoms with Gasteiger partial charge in [0.2, 0.25) is 10.0 Å². The van der Waals surface area contributed by atoms with Crippen LogP contribution in [-0.4, -0.2) is 21.3 Å². The molecule has 2 aromatic rings. The highest BCUT2D eigenvalue weighted by molar-refractivity contribution is 7.89. The lowest BCUT2D eigenvalue weighted by Gasteiger charge is -2.13. The molecule has 0 fully saturated rings. The van der Waals surface area contributed by atoms with Gasteiger partial charge in [0, 0.05) is 6.54 Å². The van der Waals surface area contributed by atoms with Crippen molar-refractivity contribution < 1.29 is 17.9 Å². The first-order valence-electron chi connectivity index (χ1n) is 7.85. The minimum absolute atomic E-state index is 0.127. The van der Waals surface area contributed by atoms with Crippen molar-refractivity contribution in [1.29, 1.82) is 0 Å². The molecule has 6 heteroatoms. The van der Waals surface area contributed by atoms with E-state index in [-0.39, 0.29) is 12.3 Å². The predicted octanol–water partition coefficient (Wildman–Crippen LogP) is 3.10. The molecule has 0 spiro atoms. The molecule has 0 atom stereocenters. The molecule has 5 nitrogen and oxygen atoms in total. The maximum atomic E-state index is 11.7. The second kappa shape index (κ2) is 8.70. The van der Waals surface area contributed by atoms with Crippen LogP contribution in [0.15, 0.2) is 48.5 Å². The molecule has 2 rings (SSSR count). The van der Waals surface area contributed by atoms with Crippen LogP contribution in [0.1, 0.15) is 24.5 Å². The fourth-order valence-corrected chi connectivity index (χ4v) is 3.28. The lowest BCUT2D eigenvalue weighted by Crippen LogP contribution is -2.25. The molecule has 24 heavy (non-hydrogen) atoms. The number of nitrogens with one attached hydrogen (secondary N) is 1. The zero-order chi connectivity index (χ0) is 17.4. The zero-order valence-corrected chi connectivity index (χ0v) is 14.8. The fraction of sp³-hybridized carbons (Fsp3) is 0.333. The van der Waals surface area contributed by atoms with E-state index in [4.69, 9.17) is 9.47 Å². The summed E-state index contributed by atoms with van der Waals surface area (Å²) in [4.78, 5) is 0. The molecule has 1 N–H and O–H groups in total. The highest BCUT2D eigenvalue weighted by Crippen LogP contribution is 2.28. The summed E-state index contributed by atoms with van der Waals surface area (Å²) in [6.45, 7) is 2.51. The highest BCUT2D eigenvalue weighted by atomic mass is 32.2. The highest BCUT2D eigenvalue weighted by Gasteiger charge is 2.10. The van der Waals surface area contributed by atoms with Gasteiger partial charge in [-0.3, -0.25) is 0 Å². The Bertz CT molecular complexity index is 745. The molecule has 0 amide bonds. The monoisotopic (exact) mass is 349 g/mol. The lowest BCUT2D eigenvalue weighted by molar-refractivity contribution is 0.284. The van der Waals surface area contributed by atoms with Crippen molar-refractivity contribution in [2.45, 2.75) is 26.5 Å². The van der Waals surface area contributed by atoms with Crippen LogP contribution in [0.3, 0.4) is 0 Å². The second-order valence-corrected chi connectivity index (χ2v) is 7.33. The van der Waals surface area contributed by atoms with Crippen LogP contribution in [0.25, 0.3) is 0 Å². The van der Waals surface area contributed by atoms with Crippen LogP contribution >= 0.6 is 0 Å². The predicted molar refractivity (Wildman–Crippen MR) is 94.7 cm³/mol. The lowest BCUT2D eigenvalue weighted by atomic mass is 10.2. The number of hydrogen-bond acceptors (Lipinski definition) is 4. The van der Waals surface area contributed by atoms with E-state index in [9.17, 15) is 8.42 Å². The van der Waals surface area contributed by atoms with Crippen molar-refractivity contribution in [1.82, 2.24) is 4.72 Å². The van der Waals surface area contributed by atoms with Gasteiger partial charge < -0.3 is 9.47 Å². The number of sulfonamides is 1. The largest absolute Gasteiger partial charge is 0.493 e. The van der Waals surface area contributed by atoms with Gasteiger partial charge in [0.1, 0.15) is 6.61 Å². The summed E-state index contributed by atoms with van der Waals surface area (Å²) in [7, 11) is -1.66. The van der Waals surface area contributed by atoms with Gasteiger partial charge in [-0.05, 0) is 29.7 Å². The molecular weight excluding hydrogens is 326 g/mol. The molecule has 0 aliphatic heterocycles. The van der Waals surface area contributed by atoms with Gasteiger partial charge in [-0.2, -0.15) is 0 Å². The smallest absolute Gasteiger partial charge is 0.211 e. The Labute approximate surface area is 143 Å². The summed E-state index contributed by atoms with van der Waals surface area (Å²) < 4.78 is 37.2. The summed E-state index contributed by atoms with van der Waals surface area (Å²) >= 11 is 0. The second-order valence-electron chi connectivity index (χ2n) is 5.40.